The van der Waals surface area contributed by atoms with Crippen LogP contribution < -0.4 is 16.4 Å². The number of rotatable bonds is 13. The predicted octanol–water partition coefficient (Wildman–Crippen LogP) is -0.651. The summed E-state index contributed by atoms with van der Waals surface area (Å²) in [4.78, 5) is 46.4. The van der Waals surface area contributed by atoms with Crippen molar-refractivity contribution in [2.24, 2.45) is 5.73 Å². The van der Waals surface area contributed by atoms with E-state index in [2.05, 4.69) is 10.6 Å². The number of hydrogen-bond donors (Lipinski definition) is 5. The van der Waals surface area contributed by atoms with Gasteiger partial charge in [0.2, 0.25) is 11.8 Å². The van der Waals surface area contributed by atoms with Crippen LogP contribution in [0.1, 0.15) is 19.3 Å². The Kier molecular flexibility index (Phi) is 12.1. The van der Waals surface area contributed by atoms with Crippen LogP contribution in [0.5, 0.6) is 0 Å². The number of thioether (sulfide) groups is 2. The number of nitrogens with one attached hydrogen (secondary N) is 2. The van der Waals surface area contributed by atoms with Crippen LogP contribution in [-0.4, -0.2) is 76.1 Å². The Morgan fingerprint density at radius 3 is 1.92 bits per heavy atom. The third-order valence-electron chi connectivity index (χ3n) is 3.21. The summed E-state index contributed by atoms with van der Waals surface area (Å²) in [6, 6.07) is -3.41. The molecule has 3 atom stereocenters. The van der Waals surface area contributed by atoms with E-state index in [4.69, 9.17) is 15.9 Å². The molecule has 144 valence electrons. The van der Waals surface area contributed by atoms with Crippen molar-refractivity contribution in [3.63, 3.8) is 0 Å². The van der Waals surface area contributed by atoms with Crippen molar-refractivity contribution in [3.05, 3.63) is 0 Å². The normalized spacial score (nSPS) is 14.2. The molecule has 9 nitrogen and oxygen atoms in total. The summed E-state index contributed by atoms with van der Waals surface area (Å²) in [7, 11) is 0. The first-order valence-corrected chi connectivity index (χ1v) is 10.3. The summed E-state index contributed by atoms with van der Waals surface area (Å²) in [5.74, 6) is -2.88. The molecular weight excluding hydrogens is 370 g/mol. The van der Waals surface area contributed by atoms with Gasteiger partial charge in [0, 0.05) is 0 Å². The predicted molar refractivity (Wildman–Crippen MR) is 97.7 cm³/mol. The van der Waals surface area contributed by atoms with E-state index >= 15 is 0 Å². The standard InChI is InChI=1S/C14H25N3O6S2/c1-24-5-3-8(15)12(20)17-10(7-11(18)19)13(21)16-9(14(22)23)4-6-25-2/h8-10H,3-7,15H2,1-2H3,(H,16,21)(H,17,20)(H,18,19)(H,22,23). The van der Waals surface area contributed by atoms with Gasteiger partial charge in [0.15, 0.2) is 0 Å². The Morgan fingerprint density at radius 1 is 0.920 bits per heavy atom. The molecule has 0 spiro atoms. The van der Waals surface area contributed by atoms with Gasteiger partial charge in [-0.05, 0) is 36.9 Å². The van der Waals surface area contributed by atoms with E-state index in [0.29, 0.717) is 17.9 Å². The van der Waals surface area contributed by atoms with Gasteiger partial charge in [-0.1, -0.05) is 0 Å². The summed E-state index contributed by atoms with van der Waals surface area (Å²) in [6.45, 7) is 0. The lowest BCUT2D eigenvalue weighted by atomic mass is 10.1. The van der Waals surface area contributed by atoms with Crippen LogP contribution in [-0.2, 0) is 19.2 Å². The maximum absolute atomic E-state index is 12.2. The number of carboxylic acid groups (broad SMARTS) is 2. The molecule has 3 unspecified atom stereocenters. The molecule has 25 heavy (non-hydrogen) atoms. The zero-order valence-corrected chi connectivity index (χ0v) is 15.8. The van der Waals surface area contributed by atoms with Crippen LogP contribution in [0.15, 0.2) is 0 Å². The molecule has 0 radical (unpaired) electrons. The highest BCUT2D eigenvalue weighted by atomic mass is 32.2. The van der Waals surface area contributed by atoms with Gasteiger partial charge in [0.25, 0.3) is 0 Å². The van der Waals surface area contributed by atoms with Crippen LogP contribution >= 0.6 is 23.5 Å². The number of nitrogens with two attached hydrogens (primary N) is 1. The fraction of sp³-hybridized carbons (Fsp3) is 0.714. The van der Waals surface area contributed by atoms with E-state index < -0.39 is 48.3 Å². The van der Waals surface area contributed by atoms with E-state index in [1.54, 1.807) is 6.26 Å². The average Bonchev–Trinajstić information content (AvgIpc) is 2.54. The number of hydrogen-bond acceptors (Lipinski definition) is 7. The van der Waals surface area contributed by atoms with Crippen LogP contribution in [0.3, 0.4) is 0 Å². The van der Waals surface area contributed by atoms with Crippen molar-refractivity contribution in [3.8, 4) is 0 Å². The van der Waals surface area contributed by atoms with E-state index in [9.17, 15) is 19.2 Å². The van der Waals surface area contributed by atoms with Gasteiger partial charge in [-0.15, -0.1) is 0 Å². The van der Waals surface area contributed by atoms with Crippen molar-refractivity contribution in [2.45, 2.75) is 37.4 Å². The first-order chi connectivity index (χ1) is 11.7. The van der Waals surface area contributed by atoms with Gasteiger partial charge in [-0.25, -0.2) is 4.79 Å². The van der Waals surface area contributed by atoms with Crippen molar-refractivity contribution in [2.75, 3.05) is 24.0 Å². The maximum Gasteiger partial charge on any atom is 0.326 e. The summed E-state index contributed by atoms with van der Waals surface area (Å²) >= 11 is 2.92. The summed E-state index contributed by atoms with van der Waals surface area (Å²) in [6.07, 6.45) is 3.54. The molecule has 0 bridgehead atoms. The SMILES string of the molecule is CSCCC(N)C(=O)NC(CC(=O)O)C(=O)NC(CCSC)C(=O)O. The molecular formula is C14H25N3O6S2. The molecule has 0 aromatic heterocycles. The number of carbonyl (C=O) groups is 4. The van der Waals surface area contributed by atoms with E-state index in [1.807, 2.05) is 6.26 Å². The Labute approximate surface area is 154 Å². The average molecular weight is 396 g/mol. The largest absolute Gasteiger partial charge is 0.481 e. The highest BCUT2D eigenvalue weighted by molar-refractivity contribution is 7.98. The minimum Gasteiger partial charge on any atom is -0.481 e. The minimum atomic E-state index is -1.39. The number of aliphatic carboxylic acids is 2. The molecule has 0 fully saturated rings. The zero-order valence-electron chi connectivity index (χ0n) is 14.2. The first-order valence-electron chi connectivity index (χ1n) is 7.51. The monoisotopic (exact) mass is 395 g/mol. The Hall–Kier alpha value is -1.46. The molecule has 0 aliphatic rings. The van der Waals surface area contributed by atoms with E-state index in [0.717, 1.165) is 0 Å². The molecule has 6 N–H and O–H groups in total. The van der Waals surface area contributed by atoms with Crippen LogP contribution in [0.4, 0.5) is 0 Å². The quantitative estimate of drug-likeness (QED) is 0.273. The van der Waals surface area contributed by atoms with Crippen molar-refractivity contribution in [1.29, 1.82) is 0 Å². The Bertz CT molecular complexity index is 477. The van der Waals surface area contributed by atoms with Crippen molar-refractivity contribution < 1.29 is 29.4 Å². The van der Waals surface area contributed by atoms with E-state index in [-0.39, 0.29) is 6.42 Å². The molecule has 2 amide bonds. The van der Waals surface area contributed by atoms with Gasteiger partial charge in [0.05, 0.1) is 12.5 Å². The fourth-order valence-electron chi connectivity index (χ4n) is 1.80. The highest BCUT2D eigenvalue weighted by Gasteiger charge is 2.29. The third kappa shape index (κ3) is 10.2. The molecule has 0 saturated heterocycles. The second-order valence-electron chi connectivity index (χ2n) is 5.23. The lowest BCUT2D eigenvalue weighted by Crippen LogP contribution is -2.55. The van der Waals surface area contributed by atoms with Crippen LogP contribution in [0.2, 0.25) is 0 Å². The molecule has 11 heteroatoms. The molecule has 0 aromatic rings. The van der Waals surface area contributed by atoms with Gasteiger partial charge in [0.1, 0.15) is 12.1 Å². The Morgan fingerprint density at radius 2 is 1.44 bits per heavy atom. The summed E-state index contributed by atoms with van der Waals surface area (Å²) in [5.41, 5.74) is 5.70. The van der Waals surface area contributed by atoms with E-state index in [1.165, 1.54) is 23.5 Å². The number of amides is 2. The molecule has 0 heterocycles. The molecule has 0 saturated carbocycles. The number of carboxylic acids is 2. The maximum atomic E-state index is 12.2. The van der Waals surface area contributed by atoms with Crippen molar-refractivity contribution >= 4 is 47.3 Å². The zero-order chi connectivity index (χ0) is 19.4. The molecule has 0 aliphatic heterocycles. The third-order valence-corrected chi connectivity index (χ3v) is 4.49. The summed E-state index contributed by atoms with van der Waals surface area (Å²) < 4.78 is 0. The molecule has 0 aromatic carbocycles. The lowest BCUT2D eigenvalue weighted by molar-refractivity contribution is -0.143. The van der Waals surface area contributed by atoms with Crippen LogP contribution in [0.25, 0.3) is 0 Å². The fourth-order valence-corrected chi connectivity index (χ4v) is 2.77. The van der Waals surface area contributed by atoms with Gasteiger partial charge >= 0.3 is 11.9 Å². The van der Waals surface area contributed by atoms with Gasteiger partial charge in [-0.2, -0.15) is 23.5 Å². The summed E-state index contributed by atoms with van der Waals surface area (Å²) in [5, 5.41) is 22.6. The van der Waals surface area contributed by atoms with Crippen molar-refractivity contribution in [1.82, 2.24) is 10.6 Å². The topological polar surface area (TPSA) is 159 Å². The van der Waals surface area contributed by atoms with Gasteiger partial charge < -0.3 is 26.6 Å². The Balaban J connectivity index is 4.92. The smallest absolute Gasteiger partial charge is 0.326 e. The number of carbonyl (C=O) groups excluding carboxylic acids is 2. The second-order valence-corrected chi connectivity index (χ2v) is 7.20. The molecule has 0 aliphatic carbocycles. The van der Waals surface area contributed by atoms with Gasteiger partial charge in [-0.3, -0.25) is 14.4 Å². The second kappa shape index (κ2) is 12.8. The first kappa shape index (κ1) is 23.5. The molecule has 0 rings (SSSR count). The minimum absolute atomic E-state index is 0.184. The lowest BCUT2D eigenvalue weighted by Gasteiger charge is -2.21. The van der Waals surface area contributed by atoms with Crippen LogP contribution in [0, 0.1) is 0 Å². The highest BCUT2D eigenvalue weighted by Crippen LogP contribution is 2.04.